The van der Waals surface area contributed by atoms with Crippen LogP contribution in [0.5, 0.6) is 0 Å². The number of hydrogen-bond donors (Lipinski definition) is 0. The smallest absolute Gasteiger partial charge is 0.229 e. The number of para-hydroxylation sites is 1. The Kier molecular flexibility index (Phi) is 4.62. The van der Waals surface area contributed by atoms with Gasteiger partial charge in [0.2, 0.25) is 11.8 Å². The summed E-state index contributed by atoms with van der Waals surface area (Å²) in [5.41, 5.74) is 0.205. The largest absolute Gasteiger partial charge is 0.424 e. The first kappa shape index (κ1) is 17.0. The molecule has 1 atom stereocenters. The van der Waals surface area contributed by atoms with E-state index in [-0.39, 0.29) is 17.2 Å². The predicted molar refractivity (Wildman–Crippen MR) is 89.9 cm³/mol. The average molecular weight is 378 g/mol. The SMILES string of the molecule is O=[S@](Cc1ccn(-c2c(F)cccc2F)n1)Cc1nnc(C2CCC2)o1. The van der Waals surface area contributed by atoms with Gasteiger partial charge in [-0.25, -0.2) is 13.5 Å². The number of rotatable bonds is 6. The molecule has 26 heavy (non-hydrogen) atoms. The van der Waals surface area contributed by atoms with E-state index in [2.05, 4.69) is 15.3 Å². The van der Waals surface area contributed by atoms with Crippen molar-refractivity contribution in [2.75, 3.05) is 0 Å². The summed E-state index contributed by atoms with van der Waals surface area (Å²) in [4.78, 5) is 0. The van der Waals surface area contributed by atoms with E-state index < -0.39 is 22.4 Å². The van der Waals surface area contributed by atoms with Crippen molar-refractivity contribution in [2.24, 2.45) is 0 Å². The molecule has 0 unspecified atom stereocenters. The highest BCUT2D eigenvalue weighted by atomic mass is 32.2. The lowest BCUT2D eigenvalue weighted by molar-refractivity contribution is 0.328. The minimum atomic E-state index is -1.32. The molecule has 0 bridgehead atoms. The van der Waals surface area contributed by atoms with Crippen LogP contribution in [0.25, 0.3) is 5.69 Å². The molecule has 1 saturated carbocycles. The van der Waals surface area contributed by atoms with E-state index in [0.717, 1.165) is 29.7 Å². The fraction of sp³-hybridized carbons (Fsp3) is 0.353. The van der Waals surface area contributed by atoms with Crippen LogP contribution in [0, 0.1) is 11.6 Å². The molecule has 2 aromatic heterocycles. The molecule has 0 radical (unpaired) electrons. The number of halogens is 2. The molecular weight excluding hydrogens is 362 g/mol. The topological polar surface area (TPSA) is 73.8 Å². The second-order valence-electron chi connectivity index (χ2n) is 6.21. The van der Waals surface area contributed by atoms with Crippen molar-refractivity contribution in [3.63, 3.8) is 0 Å². The van der Waals surface area contributed by atoms with Crippen LogP contribution in [0.1, 0.15) is 42.7 Å². The molecule has 4 rings (SSSR count). The Morgan fingerprint density at radius 3 is 2.62 bits per heavy atom. The molecule has 6 nitrogen and oxygen atoms in total. The summed E-state index contributed by atoms with van der Waals surface area (Å²) < 4.78 is 46.6. The lowest BCUT2D eigenvalue weighted by atomic mass is 9.85. The maximum Gasteiger partial charge on any atom is 0.229 e. The lowest BCUT2D eigenvalue weighted by Crippen LogP contribution is -2.08. The first-order valence-corrected chi connectivity index (χ1v) is 9.75. The van der Waals surface area contributed by atoms with Crippen molar-refractivity contribution in [2.45, 2.75) is 36.7 Å². The van der Waals surface area contributed by atoms with Crippen LogP contribution < -0.4 is 0 Å². The Bertz CT molecular complexity index is 932. The summed E-state index contributed by atoms with van der Waals surface area (Å²) in [6.45, 7) is 0. The normalized spacial score (nSPS) is 15.8. The second kappa shape index (κ2) is 7.06. The summed E-state index contributed by atoms with van der Waals surface area (Å²) in [6.07, 6.45) is 4.71. The van der Waals surface area contributed by atoms with E-state index in [9.17, 15) is 13.0 Å². The molecule has 1 aromatic carbocycles. The van der Waals surface area contributed by atoms with E-state index in [1.165, 1.54) is 18.7 Å². The molecule has 0 aliphatic heterocycles. The third-order valence-corrected chi connectivity index (χ3v) is 5.53. The molecule has 0 amide bonds. The van der Waals surface area contributed by atoms with Gasteiger partial charge < -0.3 is 4.42 Å². The van der Waals surface area contributed by atoms with Crippen molar-refractivity contribution in [1.29, 1.82) is 0 Å². The Balaban J connectivity index is 1.42. The minimum Gasteiger partial charge on any atom is -0.424 e. The quantitative estimate of drug-likeness (QED) is 0.658. The molecule has 1 aliphatic rings. The Labute approximate surface area is 150 Å². The van der Waals surface area contributed by atoms with Crippen molar-refractivity contribution in [3.8, 4) is 5.69 Å². The van der Waals surface area contributed by atoms with E-state index in [1.807, 2.05) is 0 Å². The first-order chi connectivity index (χ1) is 12.6. The van der Waals surface area contributed by atoms with Crippen LogP contribution in [0.3, 0.4) is 0 Å². The van der Waals surface area contributed by atoms with Crippen molar-refractivity contribution < 1.29 is 17.4 Å². The first-order valence-electron chi connectivity index (χ1n) is 8.26. The predicted octanol–water partition coefficient (Wildman–Crippen LogP) is 3.25. The molecule has 3 aromatic rings. The molecule has 2 heterocycles. The molecule has 1 aliphatic carbocycles. The Hall–Kier alpha value is -2.42. The summed E-state index contributed by atoms with van der Waals surface area (Å²) in [5.74, 6) is 0.110. The second-order valence-corrected chi connectivity index (χ2v) is 7.67. The van der Waals surface area contributed by atoms with Crippen molar-refractivity contribution in [1.82, 2.24) is 20.0 Å². The third-order valence-electron chi connectivity index (χ3n) is 4.34. The zero-order chi connectivity index (χ0) is 18.1. The molecule has 1 fully saturated rings. The summed E-state index contributed by atoms with van der Waals surface area (Å²) in [6, 6.07) is 5.19. The molecule has 9 heteroatoms. The lowest BCUT2D eigenvalue weighted by Gasteiger charge is -2.20. The van der Waals surface area contributed by atoms with Gasteiger partial charge in [0.25, 0.3) is 0 Å². The van der Waals surface area contributed by atoms with Crippen LogP contribution in [0.15, 0.2) is 34.9 Å². The molecule has 0 N–H and O–H groups in total. The van der Waals surface area contributed by atoms with E-state index in [1.54, 1.807) is 6.07 Å². The van der Waals surface area contributed by atoms with Gasteiger partial charge in [0.1, 0.15) is 11.4 Å². The maximum absolute atomic E-state index is 13.8. The summed E-state index contributed by atoms with van der Waals surface area (Å²) >= 11 is 0. The van der Waals surface area contributed by atoms with Gasteiger partial charge in [-0.2, -0.15) is 5.10 Å². The Morgan fingerprint density at radius 2 is 1.92 bits per heavy atom. The maximum atomic E-state index is 13.8. The minimum absolute atomic E-state index is 0.126. The highest BCUT2D eigenvalue weighted by molar-refractivity contribution is 7.83. The Morgan fingerprint density at radius 1 is 1.15 bits per heavy atom. The van der Waals surface area contributed by atoms with Gasteiger partial charge >= 0.3 is 0 Å². The van der Waals surface area contributed by atoms with Crippen molar-refractivity contribution >= 4 is 10.8 Å². The zero-order valence-electron chi connectivity index (χ0n) is 13.8. The molecule has 0 saturated heterocycles. The van der Waals surface area contributed by atoms with Crippen molar-refractivity contribution in [3.05, 3.63) is 59.6 Å². The summed E-state index contributed by atoms with van der Waals surface area (Å²) in [5, 5.41) is 12.1. The van der Waals surface area contributed by atoms with Gasteiger partial charge in [-0.3, -0.25) is 4.21 Å². The fourth-order valence-electron chi connectivity index (χ4n) is 2.77. The fourth-order valence-corrected chi connectivity index (χ4v) is 3.75. The molecule has 136 valence electrons. The summed E-state index contributed by atoms with van der Waals surface area (Å²) in [7, 11) is -1.32. The standard InChI is InChI=1S/C17H16F2N4O2S/c18-13-5-2-6-14(19)16(13)23-8-7-12(22-23)9-26(24)10-15-20-21-17(25-15)11-3-1-4-11/h2,5-8,11H,1,3-4,9-10H2/t26-/m1/s1. The monoisotopic (exact) mass is 378 g/mol. The van der Waals surface area contributed by atoms with Gasteiger partial charge in [-0.1, -0.05) is 12.5 Å². The van der Waals surface area contributed by atoms with Gasteiger partial charge in [0.05, 0.1) is 11.4 Å². The van der Waals surface area contributed by atoms with Crippen LogP contribution in [0.4, 0.5) is 8.78 Å². The molecule has 0 spiro atoms. The van der Waals surface area contributed by atoms with E-state index >= 15 is 0 Å². The number of benzene rings is 1. The van der Waals surface area contributed by atoms with Crippen LogP contribution in [0.2, 0.25) is 0 Å². The van der Waals surface area contributed by atoms with Gasteiger partial charge in [0, 0.05) is 22.9 Å². The molecular formula is C17H16F2N4O2S. The van der Waals surface area contributed by atoms with Gasteiger partial charge in [-0.05, 0) is 31.0 Å². The van der Waals surface area contributed by atoms with Gasteiger partial charge in [-0.15, -0.1) is 10.2 Å². The zero-order valence-corrected chi connectivity index (χ0v) is 14.6. The van der Waals surface area contributed by atoms with Crippen LogP contribution in [-0.4, -0.2) is 24.2 Å². The highest BCUT2D eigenvalue weighted by Gasteiger charge is 2.25. The van der Waals surface area contributed by atoms with Gasteiger partial charge in [0.15, 0.2) is 11.6 Å². The number of hydrogen-bond acceptors (Lipinski definition) is 5. The van der Waals surface area contributed by atoms with E-state index in [4.69, 9.17) is 4.42 Å². The highest BCUT2D eigenvalue weighted by Crippen LogP contribution is 2.35. The van der Waals surface area contributed by atoms with Crippen LogP contribution in [-0.2, 0) is 22.3 Å². The number of nitrogens with zero attached hydrogens (tertiary/aromatic N) is 4. The number of aromatic nitrogens is 4. The average Bonchev–Trinajstić information content (AvgIpc) is 3.16. The van der Waals surface area contributed by atoms with Crippen LogP contribution >= 0.6 is 0 Å². The van der Waals surface area contributed by atoms with E-state index in [0.29, 0.717) is 23.4 Å². The third kappa shape index (κ3) is 3.44.